The predicted molar refractivity (Wildman–Crippen MR) is 65.0 cm³/mol. The van der Waals surface area contributed by atoms with E-state index >= 15 is 0 Å². The molecule has 0 spiro atoms. The average molecular weight is 251 g/mol. The molecule has 6 heteroatoms. The molecule has 90 valence electrons. The van der Waals surface area contributed by atoms with Crippen LogP contribution >= 0.6 is 11.3 Å². The van der Waals surface area contributed by atoms with Gasteiger partial charge in [-0.3, -0.25) is 0 Å². The SMILES string of the molecule is CCOC(=O)c1nc(-c2cncn2C)sc1C. The van der Waals surface area contributed by atoms with Gasteiger partial charge in [0.25, 0.3) is 0 Å². The summed E-state index contributed by atoms with van der Waals surface area (Å²) in [5.41, 5.74) is 1.29. The van der Waals surface area contributed by atoms with Crippen molar-refractivity contribution in [1.29, 1.82) is 0 Å². The number of aryl methyl sites for hydroxylation is 2. The Balaban J connectivity index is 2.37. The lowest BCUT2D eigenvalue weighted by Gasteiger charge is -1.98. The first kappa shape index (κ1) is 11.8. The molecule has 0 N–H and O–H groups in total. The van der Waals surface area contributed by atoms with E-state index in [-0.39, 0.29) is 5.97 Å². The zero-order valence-electron chi connectivity index (χ0n) is 9.93. The summed E-state index contributed by atoms with van der Waals surface area (Å²) in [4.78, 5) is 20.8. The fourth-order valence-corrected chi connectivity index (χ4v) is 2.41. The van der Waals surface area contributed by atoms with Crippen LogP contribution in [0.25, 0.3) is 10.7 Å². The van der Waals surface area contributed by atoms with Gasteiger partial charge >= 0.3 is 5.97 Å². The molecule has 2 heterocycles. The summed E-state index contributed by atoms with van der Waals surface area (Å²) < 4.78 is 6.82. The Kier molecular flexibility index (Phi) is 3.23. The highest BCUT2D eigenvalue weighted by Gasteiger charge is 2.18. The lowest BCUT2D eigenvalue weighted by Crippen LogP contribution is -2.06. The molecular formula is C11H13N3O2S. The molecule has 2 aromatic rings. The highest BCUT2D eigenvalue weighted by atomic mass is 32.1. The minimum atomic E-state index is -0.366. The van der Waals surface area contributed by atoms with Gasteiger partial charge in [-0.2, -0.15) is 0 Å². The fourth-order valence-electron chi connectivity index (χ4n) is 1.46. The van der Waals surface area contributed by atoms with Gasteiger partial charge in [0.15, 0.2) is 5.69 Å². The second-order valence-corrected chi connectivity index (χ2v) is 4.74. The zero-order valence-corrected chi connectivity index (χ0v) is 10.7. The van der Waals surface area contributed by atoms with Gasteiger partial charge in [-0.25, -0.2) is 14.8 Å². The van der Waals surface area contributed by atoms with E-state index in [1.54, 1.807) is 19.4 Å². The molecule has 0 radical (unpaired) electrons. The third-order valence-electron chi connectivity index (χ3n) is 2.30. The number of aromatic nitrogens is 3. The van der Waals surface area contributed by atoms with Crippen molar-refractivity contribution in [3.63, 3.8) is 0 Å². The molecule has 17 heavy (non-hydrogen) atoms. The molecule has 0 saturated heterocycles. The lowest BCUT2D eigenvalue weighted by molar-refractivity contribution is 0.0519. The fraction of sp³-hybridized carbons (Fsp3) is 0.364. The van der Waals surface area contributed by atoms with E-state index in [1.807, 2.05) is 18.5 Å². The Labute approximate surface area is 103 Å². The maximum atomic E-state index is 11.6. The zero-order chi connectivity index (χ0) is 12.4. The summed E-state index contributed by atoms with van der Waals surface area (Å²) >= 11 is 1.47. The highest BCUT2D eigenvalue weighted by Crippen LogP contribution is 2.27. The van der Waals surface area contributed by atoms with Crippen LogP contribution in [0, 0.1) is 6.92 Å². The molecule has 0 aliphatic heterocycles. The molecule has 0 aromatic carbocycles. The Morgan fingerprint density at radius 1 is 1.59 bits per heavy atom. The molecule has 2 rings (SSSR count). The standard InChI is InChI=1S/C11H13N3O2S/c1-4-16-11(15)9-7(2)17-10(13-9)8-5-12-6-14(8)3/h5-6H,4H2,1-3H3. The first-order valence-electron chi connectivity index (χ1n) is 5.24. The van der Waals surface area contributed by atoms with Crippen molar-refractivity contribution < 1.29 is 9.53 Å². The first-order valence-corrected chi connectivity index (χ1v) is 6.06. The van der Waals surface area contributed by atoms with Crippen LogP contribution in [-0.4, -0.2) is 27.1 Å². The Bertz CT molecular complexity index is 545. The molecule has 0 atom stereocenters. The van der Waals surface area contributed by atoms with Gasteiger partial charge in [-0.15, -0.1) is 11.3 Å². The molecule has 2 aromatic heterocycles. The molecule has 0 bridgehead atoms. The third-order valence-corrected chi connectivity index (χ3v) is 3.29. The van der Waals surface area contributed by atoms with Crippen LogP contribution in [0.5, 0.6) is 0 Å². The summed E-state index contributed by atoms with van der Waals surface area (Å²) in [6.07, 6.45) is 3.43. The topological polar surface area (TPSA) is 57.0 Å². The van der Waals surface area contributed by atoms with Crippen molar-refractivity contribution >= 4 is 17.3 Å². The summed E-state index contributed by atoms with van der Waals surface area (Å²) in [7, 11) is 1.89. The maximum absolute atomic E-state index is 11.6. The lowest BCUT2D eigenvalue weighted by atomic mass is 10.4. The normalized spacial score (nSPS) is 10.5. The van der Waals surface area contributed by atoms with Gasteiger partial charge < -0.3 is 9.30 Å². The Hall–Kier alpha value is -1.69. The molecule has 5 nitrogen and oxygen atoms in total. The maximum Gasteiger partial charge on any atom is 0.358 e. The van der Waals surface area contributed by atoms with Crippen LogP contribution in [0.2, 0.25) is 0 Å². The number of carbonyl (C=O) groups excluding carboxylic acids is 1. The van der Waals surface area contributed by atoms with Gasteiger partial charge in [0.05, 0.1) is 24.8 Å². The van der Waals surface area contributed by atoms with Crippen molar-refractivity contribution in [2.75, 3.05) is 6.61 Å². The minimum absolute atomic E-state index is 0.358. The van der Waals surface area contributed by atoms with E-state index in [0.29, 0.717) is 12.3 Å². The van der Waals surface area contributed by atoms with Crippen molar-refractivity contribution in [1.82, 2.24) is 14.5 Å². The number of carbonyl (C=O) groups is 1. The van der Waals surface area contributed by atoms with Gasteiger partial charge in [-0.1, -0.05) is 0 Å². The van der Waals surface area contributed by atoms with Gasteiger partial charge in [0.2, 0.25) is 0 Å². The molecule has 0 fully saturated rings. The summed E-state index contributed by atoms with van der Waals surface area (Å²) in [6.45, 7) is 4.00. The largest absolute Gasteiger partial charge is 0.461 e. The molecule has 0 amide bonds. The smallest absolute Gasteiger partial charge is 0.358 e. The molecule has 0 aliphatic rings. The monoisotopic (exact) mass is 251 g/mol. The van der Waals surface area contributed by atoms with Gasteiger partial charge in [-0.05, 0) is 13.8 Å². The third kappa shape index (κ3) is 2.21. The number of ether oxygens (including phenoxy) is 1. The van der Waals surface area contributed by atoms with Crippen molar-refractivity contribution in [3.8, 4) is 10.7 Å². The predicted octanol–water partition coefficient (Wildman–Crippen LogP) is 2.03. The number of hydrogen-bond donors (Lipinski definition) is 0. The number of esters is 1. The van der Waals surface area contributed by atoms with Crippen LogP contribution in [0.1, 0.15) is 22.3 Å². The van der Waals surface area contributed by atoms with Gasteiger partial charge in [0.1, 0.15) is 5.01 Å². The van der Waals surface area contributed by atoms with E-state index in [4.69, 9.17) is 4.74 Å². The highest BCUT2D eigenvalue weighted by molar-refractivity contribution is 7.15. The Morgan fingerprint density at radius 3 is 2.94 bits per heavy atom. The van der Waals surface area contributed by atoms with Crippen molar-refractivity contribution in [2.24, 2.45) is 7.05 Å². The molecular weight excluding hydrogens is 238 g/mol. The number of hydrogen-bond acceptors (Lipinski definition) is 5. The van der Waals surface area contributed by atoms with E-state index in [1.165, 1.54) is 11.3 Å². The van der Waals surface area contributed by atoms with Gasteiger partial charge in [0, 0.05) is 11.9 Å². The number of imidazole rings is 1. The van der Waals surface area contributed by atoms with Crippen LogP contribution in [-0.2, 0) is 11.8 Å². The average Bonchev–Trinajstić information content (AvgIpc) is 2.84. The van der Waals surface area contributed by atoms with Crippen LogP contribution in [0.15, 0.2) is 12.5 Å². The molecule has 0 unspecified atom stereocenters. The molecule has 0 aliphatic carbocycles. The number of rotatable bonds is 3. The molecule has 0 saturated carbocycles. The van der Waals surface area contributed by atoms with E-state index in [2.05, 4.69) is 9.97 Å². The number of nitrogens with zero attached hydrogens (tertiary/aromatic N) is 3. The van der Waals surface area contributed by atoms with Crippen molar-refractivity contribution in [3.05, 3.63) is 23.1 Å². The second-order valence-electron chi connectivity index (χ2n) is 3.53. The second kappa shape index (κ2) is 4.67. The van der Waals surface area contributed by atoms with E-state index in [0.717, 1.165) is 15.6 Å². The number of thiazole rings is 1. The minimum Gasteiger partial charge on any atom is -0.461 e. The van der Waals surface area contributed by atoms with Crippen LogP contribution in [0.4, 0.5) is 0 Å². The van der Waals surface area contributed by atoms with Crippen LogP contribution in [0.3, 0.4) is 0 Å². The van der Waals surface area contributed by atoms with Crippen LogP contribution < -0.4 is 0 Å². The summed E-state index contributed by atoms with van der Waals surface area (Å²) in [5, 5.41) is 0.783. The Morgan fingerprint density at radius 2 is 2.35 bits per heavy atom. The first-order chi connectivity index (χ1) is 8.13. The summed E-state index contributed by atoms with van der Waals surface area (Å²) in [5.74, 6) is -0.366. The van der Waals surface area contributed by atoms with E-state index in [9.17, 15) is 4.79 Å². The van der Waals surface area contributed by atoms with Crippen molar-refractivity contribution in [2.45, 2.75) is 13.8 Å². The summed E-state index contributed by atoms with van der Waals surface area (Å²) in [6, 6.07) is 0. The quantitative estimate of drug-likeness (QED) is 0.783. The van der Waals surface area contributed by atoms with E-state index < -0.39 is 0 Å².